The van der Waals surface area contributed by atoms with Gasteiger partial charge in [0.1, 0.15) is 6.07 Å². The molecule has 1 unspecified atom stereocenters. The van der Waals surface area contributed by atoms with E-state index in [0.717, 1.165) is 12.2 Å². The van der Waals surface area contributed by atoms with E-state index in [9.17, 15) is 8.42 Å². The summed E-state index contributed by atoms with van der Waals surface area (Å²) in [5, 5.41) is 8.98. The number of nitriles is 1. The summed E-state index contributed by atoms with van der Waals surface area (Å²) in [7, 11) is -3.69. The standard InChI is InChI=1S/C12H17N3O2S2/c1-9(5-6-18-2)15-19(16,17)12-4-3-11(14)7-10(12)8-13/h3-4,7,9,15H,5-6,14H2,1-2H3. The van der Waals surface area contributed by atoms with Gasteiger partial charge < -0.3 is 5.73 Å². The maximum Gasteiger partial charge on any atom is 0.242 e. The number of nitrogens with one attached hydrogen (secondary N) is 1. The number of nitrogens with two attached hydrogens (primary N) is 1. The van der Waals surface area contributed by atoms with Gasteiger partial charge in [-0.3, -0.25) is 0 Å². The molecule has 0 aliphatic heterocycles. The lowest BCUT2D eigenvalue weighted by atomic mass is 10.2. The summed E-state index contributed by atoms with van der Waals surface area (Å²) in [6, 6.07) is 5.87. The van der Waals surface area contributed by atoms with Crippen molar-refractivity contribution in [3.8, 4) is 6.07 Å². The number of rotatable bonds is 6. The molecule has 1 aromatic carbocycles. The molecule has 0 saturated heterocycles. The minimum atomic E-state index is -3.69. The fourth-order valence-corrected chi connectivity index (χ4v) is 3.56. The first-order valence-electron chi connectivity index (χ1n) is 5.71. The highest BCUT2D eigenvalue weighted by Crippen LogP contribution is 2.18. The van der Waals surface area contributed by atoms with Crippen LogP contribution < -0.4 is 10.5 Å². The summed E-state index contributed by atoms with van der Waals surface area (Å²) < 4.78 is 26.9. The summed E-state index contributed by atoms with van der Waals surface area (Å²) in [6.45, 7) is 1.80. The first-order chi connectivity index (χ1) is 8.90. The second-order valence-corrected chi connectivity index (χ2v) is 6.84. The number of anilines is 1. The Hall–Kier alpha value is -1.23. The van der Waals surface area contributed by atoms with E-state index in [0.29, 0.717) is 5.69 Å². The van der Waals surface area contributed by atoms with E-state index in [-0.39, 0.29) is 16.5 Å². The van der Waals surface area contributed by atoms with Gasteiger partial charge in [-0.25, -0.2) is 13.1 Å². The predicted molar refractivity (Wildman–Crippen MR) is 78.4 cm³/mol. The molecule has 0 bridgehead atoms. The smallest absolute Gasteiger partial charge is 0.242 e. The van der Waals surface area contributed by atoms with Crippen LogP contribution in [0.1, 0.15) is 18.9 Å². The van der Waals surface area contributed by atoms with E-state index >= 15 is 0 Å². The molecule has 0 aliphatic carbocycles. The summed E-state index contributed by atoms with van der Waals surface area (Å²) >= 11 is 1.66. The molecule has 0 heterocycles. The summed E-state index contributed by atoms with van der Waals surface area (Å²) in [5.41, 5.74) is 5.97. The Labute approximate surface area is 118 Å². The zero-order chi connectivity index (χ0) is 14.5. The van der Waals surface area contributed by atoms with Gasteiger partial charge >= 0.3 is 0 Å². The van der Waals surface area contributed by atoms with Crippen molar-refractivity contribution in [1.82, 2.24) is 4.72 Å². The molecule has 0 amide bonds. The minimum absolute atomic E-state index is 0.0276. The number of hydrogen-bond donors (Lipinski definition) is 2. The second-order valence-electron chi connectivity index (χ2n) is 4.17. The topological polar surface area (TPSA) is 96.0 Å². The van der Waals surface area contributed by atoms with E-state index in [1.165, 1.54) is 18.2 Å². The Balaban J connectivity index is 2.98. The number of nitrogens with zero attached hydrogens (tertiary/aromatic N) is 1. The zero-order valence-electron chi connectivity index (χ0n) is 10.9. The van der Waals surface area contributed by atoms with Crippen molar-refractivity contribution in [3.05, 3.63) is 23.8 Å². The van der Waals surface area contributed by atoms with Gasteiger partial charge in [0.25, 0.3) is 0 Å². The third-order valence-corrected chi connectivity index (χ3v) is 4.82. The monoisotopic (exact) mass is 299 g/mol. The highest BCUT2D eigenvalue weighted by Gasteiger charge is 2.20. The second kappa shape index (κ2) is 6.80. The van der Waals surface area contributed by atoms with Crippen LogP contribution in [0.15, 0.2) is 23.1 Å². The molecule has 7 heteroatoms. The number of sulfonamides is 1. The Morgan fingerprint density at radius 2 is 2.21 bits per heavy atom. The summed E-state index contributed by atoms with van der Waals surface area (Å²) in [6.07, 6.45) is 2.70. The average Bonchev–Trinajstić information content (AvgIpc) is 2.35. The lowest BCUT2D eigenvalue weighted by Crippen LogP contribution is -2.33. The van der Waals surface area contributed by atoms with E-state index in [1.807, 2.05) is 12.3 Å². The quantitative estimate of drug-likeness (QED) is 0.777. The lowest BCUT2D eigenvalue weighted by molar-refractivity contribution is 0.557. The van der Waals surface area contributed by atoms with Crippen molar-refractivity contribution >= 4 is 27.5 Å². The molecule has 1 atom stereocenters. The van der Waals surface area contributed by atoms with Crippen molar-refractivity contribution in [3.63, 3.8) is 0 Å². The number of hydrogen-bond acceptors (Lipinski definition) is 5. The number of nitrogen functional groups attached to an aromatic ring is 1. The maximum atomic E-state index is 12.2. The predicted octanol–water partition coefficient (Wildman–Crippen LogP) is 1.56. The van der Waals surface area contributed by atoms with Crippen LogP contribution in [0.25, 0.3) is 0 Å². The van der Waals surface area contributed by atoms with Gasteiger partial charge in [0.2, 0.25) is 10.0 Å². The van der Waals surface area contributed by atoms with Crippen LogP contribution in [0.3, 0.4) is 0 Å². The van der Waals surface area contributed by atoms with Crippen LogP contribution in [0.4, 0.5) is 5.69 Å². The van der Waals surface area contributed by atoms with E-state index in [1.54, 1.807) is 18.7 Å². The van der Waals surface area contributed by atoms with Crippen molar-refractivity contribution in [2.75, 3.05) is 17.7 Å². The highest BCUT2D eigenvalue weighted by molar-refractivity contribution is 7.98. The molecule has 0 fully saturated rings. The van der Waals surface area contributed by atoms with Gasteiger partial charge in [-0.05, 0) is 43.6 Å². The molecule has 0 radical (unpaired) electrons. The van der Waals surface area contributed by atoms with Gasteiger partial charge in [-0.1, -0.05) is 0 Å². The van der Waals surface area contributed by atoms with Crippen molar-refractivity contribution < 1.29 is 8.42 Å². The third kappa shape index (κ3) is 4.42. The van der Waals surface area contributed by atoms with Crippen LogP contribution >= 0.6 is 11.8 Å². The van der Waals surface area contributed by atoms with Crippen LogP contribution in [0.2, 0.25) is 0 Å². The molecule has 0 saturated carbocycles. The van der Waals surface area contributed by atoms with Gasteiger partial charge in [0, 0.05) is 11.7 Å². The molecule has 1 rings (SSSR count). The largest absolute Gasteiger partial charge is 0.399 e. The molecule has 1 aromatic rings. The van der Waals surface area contributed by atoms with Gasteiger partial charge in [-0.2, -0.15) is 17.0 Å². The molecule has 0 spiro atoms. The molecule has 0 aliphatic rings. The van der Waals surface area contributed by atoms with Crippen LogP contribution in [-0.4, -0.2) is 26.5 Å². The average molecular weight is 299 g/mol. The molecular formula is C12H17N3O2S2. The lowest BCUT2D eigenvalue weighted by Gasteiger charge is -2.14. The molecular weight excluding hydrogens is 282 g/mol. The van der Waals surface area contributed by atoms with Crippen LogP contribution in [-0.2, 0) is 10.0 Å². The zero-order valence-corrected chi connectivity index (χ0v) is 12.5. The normalized spacial score (nSPS) is 12.9. The Kier molecular flexibility index (Phi) is 5.66. The number of benzene rings is 1. The molecule has 104 valence electrons. The SMILES string of the molecule is CSCCC(C)NS(=O)(=O)c1ccc(N)cc1C#N. The van der Waals surface area contributed by atoms with E-state index in [4.69, 9.17) is 11.0 Å². The van der Waals surface area contributed by atoms with Crippen molar-refractivity contribution in [1.29, 1.82) is 5.26 Å². The minimum Gasteiger partial charge on any atom is -0.399 e. The third-order valence-electron chi connectivity index (χ3n) is 2.52. The highest BCUT2D eigenvalue weighted by atomic mass is 32.2. The van der Waals surface area contributed by atoms with Gasteiger partial charge in [-0.15, -0.1) is 0 Å². The molecule has 5 nitrogen and oxygen atoms in total. The molecule has 0 aromatic heterocycles. The maximum absolute atomic E-state index is 12.2. The van der Waals surface area contributed by atoms with E-state index in [2.05, 4.69) is 4.72 Å². The first-order valence-corrected chi connectivity index (χ1v) is 8.59. The van der Waals surface area contributed by atoms with E-state index < -0.39 is 10.0 Å². The fraction of sp³-hybridized carbons (Fsp3) is 0.417. The summed E-state index contributed by atoms with van der Waals surface area (Å²) in [5.74, 6) is 0.872. The van der Waals surface area contributed by atoms with Crippen LogP contribution in [0, 0.1) is 11.3 Å². The van der Waals surface area contributed by atoms with Gasteiger partial charge in [0.15, 0.2) is 0 Å². The molecule has 3 N–H and O–H groups in total. The summed E-state index contributed by atoms with van der Waals surface area (Å²) in [4.78, 5) is -0.0276. The van der Waals surface area contributed by atoms with Crippen LogP contribution in [0.5, 0.6) is 0 Å². The Morgan fingerprint density at radius 1 is 1.53 bits per heavy atom. The number of thioether (sulfide) groups is 1. The fourth-order valence-electron chi connectivity index (χ4n) is 1.55. The Morgan fingerprint density at radius 3 is 2.79 bits per heavy atom. The van der Waals surface area contributed by atoms with Crippen molar-refractivity contribution in [2.24, 2.45) is 0 Å². The van der Waals surface area contributed by atoms with Gasteiger partial charge in [0.05, 0.1) is 10.5 Å². The molecule has 19 heavy (non-hydrogen) atoms. The Bertz CT molecular complexity index is 579. The van der Waals surface area contributed by atoms with Crippen molar-refractivity contribution in [2.45, 2.75) is 24.3 Å². The first kappa shape index (κ1) is 15.8.